The fourth-order valence-electron chi connectivity index (χ4n) is 3.46. The number of halogens is 2. The molecule has 162 valence electrons. The average Bonchev–Trinajstić information content (AvgIpc) is 2.80. The number of nitrogens with zero attached hydrogens (tertiary/aromatic N) is 3. The maximum absolute atomic E-state index is 13.8. The molecule has 0 aliphatic carbocycles. The van der Waals surface area contributed by atoms with Crippen LogP contribution >= 0.6 is 11.6 Å². The smallest absolute Gasteiger partial charge is 0.337 e. The van der Waals surface area contributed by atoms with Crippen LogP contribution in [0, 0.1) is 5.82 Å². The molecule has 4 rings (SSSR count). The molecule has 0 bridgehead atoms. The van der Waals surface area contributed by atoms with Crippen LogP contribution in [0.3, 0.4) is 0 Å². The van der Waals surface area contributed by atoms with Gasteiger partial charge in [-0.2, -0.15) is 0 Å². The van der Waals surface area contributed by atoms with Gasteiger partial charge in [-0.1, -0.05) is 41.9 Å². The summed E-state index contributed by atoms with van der Waals surface area (Å²) in [5.41, 5.74) is 1.64. The van der Waals surface area contributed by atoms with Crippen LogP contribution in [0.15, 0.2) is 71.5 Å². The molecule has 0 radical (unpaired) electrons. The minimum Gasteiger partial charge on any atom is -0.465 e. The summed E-state index contributed by atoms with van der Waals surface area (Å²) in [7, 11) is 3.08. The molecule has 0 N–H and O–H groups in total. The number of rotatable bonds is 5. The van der Waals surface area contributed by atoms with Gasteiger partial charge in [0.2, 0.25) is 5.95 Å². The topological polar surface area (TPSA) is 64.4 Å². The molecule has 1 heterocycles. The van der Waals surface area contributed by atoms with Gasteiger partial charge < -0.3 is 9.64 Å². The third kappa shape index (κ3) is 4.07. The van der Waals surface area contributed by atoms with Crippen molar-refractivity contribution in [1.29, 1.82) is 0 Å². The standard InChI is InChI=1S/C24H19ClFN3O3/c1-28(14-15-6-4-3-5-7-15)24-27-21-12-16(23(31)32-2)8-10-18(21)22(30)29(24)17-9-11-20(26)19(25)13-17/h3-13H,14H2,1-2H3. The molecule has 0 amide bonds. The molecule has 8 heteroatoms. The van der Waals surface area contributed by atoms with Gasteiger partial charge in [-0.05, 0) is 42.0 Å². The highest BCUT2D eigenvalue weighted by Gasteiger charge is 2.19. The van der Waals surface area contributed by atoms with Crippen LogP contribution in [0.5, 0.6) is 0 Å². The molecule has 0 fully saturated rings. The molecule has 0 unspecified atom stereocenters. The minimum absolute atomic E-state index is 0.104. The van der Waals surface area contributed by atoms with Crippen LogP contribution in [-0.4, -0.2) is 29.7 Å². The lowest BCUT2D eigenvalue weighted by Crippen LogP contribution is -2.29. The van der Waals surface area contributed by atoms with Crippen molar-refractivity contribution < 1.29 is 13.9 Å². The second-order valence-corrected chi connectivity index (χ2v) is 7.62. The van der Waals surface area contributed by atoms with Crippen molar-refractivity contribution in [3.05, 3.63) is 99.1 Å². The largest absolute Gasteiger partial charge is 0.465 e. The summed E-state index contributed by atoms with van der Waals surface area (Å²) in [4.78, 5) is 31.9. The number of fused-ring (bicyclic) bond motifs is 1. The van der Waals surface area contributed by atoms with E-state index < -0.39 is 11.8 Å². The van der Waals surface area contributed by atoms with Crippen molar-refractivity contribution >= 4 is 34.4 Å². The Morgan fingerprint density at radius 3 is 2.56 bits per heavy atom. The normalized spacial score (nSPS) is 10.9. The zero-order valence-electron chi connectivity index (χ0n) is 17.4. The Morgan fingerprint density at radius 2 is 1.88 bits per heavy atom. The number of carbonyl (C=O) groups excluding carboxylic acids is 1. The van der Waals surface area contributed by atoms with Gasteiger partial charge in [0.25, 0.3) is 5.56 Å². The third-order valence-electron chi connectivity index (χ3n) is 5.04. The predicted molar refractivity (Wildman–Crippen MR) is 122 cm³/mol. The Morgan fingerprint density at radius 1 is 1.12 bits per heavy atom. The van der Waals surface area contributed by atoms with E-state index in [1.807, 2.05) is 30.3 Å². The maximum atomic E-state index is 13.8. The maximum Gasteiger partial charge on any atom is 0.337 e. The number of methoxy groups -OCH3 is 1. The van der Waals surface area contributed by atoms with E-state index in [1.54, 1.807) is 11.9 Å². The molecular formula is C24H19ClFN3O3. The fraction of sp³-hybridized carbons (Fsp3) is 0.125. The molecule has 3 aromatic carbocycles. The Kier molecular flexibility index (Phi) is 5.92. The van der Waals surface area contributed by atoms with Crippen molar-refractivity contribution in [2.24, 2.45) is 0 Å². The highest BCUT2D eigenvalue weighted by atomic mass is 35.5. The van der Waals surface area contributed by atoms with Gasteiger partial charge >= 0.3 is 5.97 Å². The summed E-state index contributed by atoms with van der Waals surface area (Å²) in [5.74, 6) is -0.794. The van der Waals surface area contributed by atoms with Crippen LogP contribution in [0.25, 0.3) is 16.6 Å². The zero-order chi connectivity index (χ0) is 22.8. The molecule has 0 aliphatic rings. The lowest BCUT2D eigenvalue weighted by Gasteiger charge is -2.23. The first-order valence-corrected chi connectivity index (χ1v) is 10.1. The van der Waals surface area contributed by atoms with E-state index in [-0.39, 0.29) is 16.1 Å². The fourth-order valence-corrected chi connectivity index (χ4v) is 3.63. The Bertz CT molecular complexity index is 1370. The van der Waals surface area contributed by atoms with E-state index >= 15 is 0 Å². The van der Waals surface area contributed by atoms with Gasteiger partial charge in [-0.3, -0.25) is 4.79 Å². The van der Waals surface area contributed by atoms with E-state index in [2.05, 4.69) is 4.98 Å². The first-order valence-electron chi connectivity index (χ1n) is 9.74. The monoisotopic (exact) mass is 451 g/mol. The van der Waals surface area contributed by atoms with E-state index in [1.165, 1.54) is 48.1 Å². The first kappa shape index (κ1) is 21.5. The highest BCUT2D eigenvalue weighted by Crippen LogP contribution is 2.24. The van der Waals surface area contributed by atoms with E-state index in [0.29, 0.717) is 29.1 Å². The number of ether oxygens (including phenoxy) is 1. The molecule has 0 saturated carbocycles. The van der Waals surface area contributed by atoms with Crippen molar-refractivity contribution in [2.45, 2.75) is 6.54 Å². The number of hydrogen-bond acceptors (Lipinski definition) is 5. The summed E-state index contributed by atoms with van der Waals surface area (Å²) in [6.07, 6.45) is 0. The number of esters is 1. The SMILES string of the molecule is COC(=O)c1ccc2c(=O)n(-c3ccc(F)c(Cl)c3)c(N(C)Cc3ccccc3)nc2c1. The highest BCUT2D eigenvalue weighted by molar-refractivity contribution is 6.30. The Labute approximate surface area is 188 Å². The predicted octanol–water partition coefficient (Wildman–Crippen LogP) is 4.60. The van der Waals surface area contributed by atoms with Crippen molar-refractivity contribution in [3.63, 3.8) is 0 Å². The second kappa shape index (κ2) is 8.80. The molecule has 0 aliphatic heterocycles. The molecular weight excluding hydrogens is 433 g/mol. The summed E-state index contributed by atoms with van der Waals surface area (Å²) in [5, 5.41) is 0.196. The lowest BCUT2D eigenvalue weighted by molar-refractivity contribution is 0.0601. The van der Waals surface area contributed by atoms with Crippen LogP contribution in [-0.2, 0) is 11.3 Å². The van der Waals surface area contributed by atoms with Crippen LogP contribution in [0.1, 0.15) is 15.9 Å². The molecule has 0 saturated heterocycles. The van der Waals surface area contributed by atoms with Crippen LogP contribution in [0.2, 0.25) is 5.02 Å². The van der Waals surface area contributed by atoms with Gasteiger partial charge in [0.05, 0.1) is 34.3 Å². The summed E-state index contributed by atoms with van der Waals surface area (Å²) in [6.45, 7) is 0.463. The Balaban J connectivity index is 1.95. The van der Waals surface area contributed by atoms with Crippen molar-refractivity contribution in [3.8, 4) is 5.69 Å². The average molecular weight is 452 g/mol. The molecule has 0 spiro atoms. The quantitative estimate of drug-likeness (QED) is 0.415. The first-order chi connectivity index (χ1) is 15.4. The van der Waals surface area contributed by atoms with Gasteiger partial charge in [0, 0.05) is 13.6 Å². The van der Waals surface area contributed by atoms with E-state index in [0.717, 1.165) is 5.56 Å². The van der Waals surface area contributed by atoms with Crippen molar-refractivity contribution in [2.75, 3.05) is 19.1 Å². The summed E-state index contributed by atoms with van der Waals surface area (Å²) in [6, 6.07) is 18.3. The van der Waals surface area contributed by atoms with E-state index in [4.69, 9.17) is 16.3 Å². The minimum atomic E-state index is -0.584. The van der Waals surface area contributed by atoms with Gasteiger partial charge in [-0.15, -0.1) is 0 Å². The molecule has 4 aromatic rings. The van der Waals surface area contributed by atoms with E-state index in [9.17, 15) is 14.0 Å². The number of carbonyl (C=O) groups is 1. The van der Waals surface area contributed by atoms with Crippen LogP contribution in [0.4, 0.5) is 10.3 Å². The lowest BCUT2D eigenvalue weighted by atomic mass is 10.1. The summed E-state index contributed by atoms with van der Waals surface area (Å²) >= 11 is 5.99. The Hall–Kier alpha value is -3.71. The van der Waals surface area contributed by atoms with Crippen molar-refractivity contribution in [1.82, 2.24) is 9.55 Å². The second-order valence-electron chi connectivity index (χ2n) is 7.22. The van der Waals surface area contributed by atoms with Gasteiger partial charge in [0.1, 0.15) is 5.82 Å². The molecule has 32 heavy (non-hydrogen) atoms. The summed E-state index contributed by atoms with van der Waals surface area (Å²) < 4.78 is 19.9. The number of hydrogen-bond donors (Lipinski definition) is 0. The molecule has 6 nitrogen and oxygen atoms in total. The molecule has 1 aromatic heterocycles. The van der Waals surface area contributed by atoms with Crippen LogP contribution < -0.4 is 10.5 Å². The van der Waals surface area contributed by atoms with Gasteiger partial charge in [-0.25, -0.2) is 18.7 Å². The number of anilines is 1. The van der Waals surface area contributed by atoms with Gasteiger partial charge in [0.15, 0.2) is 0 Å². The number of benzene rings is 3. The number of aromatic nitrogens is 2. The zero-order valence-corrected chi connectivity index (χ0v) is 18.1. The molecule has 0 atom stereocenters. The third-order valence-corrected chi connectivity index (χ3v) is 5.33.